The van der Waals surface area contributed by atoms with Crippen molar-refractivity contribution >= 4 is 28.5 Å². The van der Waals surface area contributed by atoms with Crippen LogP contribution in [-0.2, 0) is 6.18 Å². The lowest BCUT2D eigenvalue weighted by Crippen LogP contribution is -2.50. The van der Waals surface area contributed by atoms with E-state index in [9.17, 15) is 26.7 Å². The summed E-state index contributed by atoms with van der Waals surface area (Å²) in [6.07, 6.45) is -5.74. The molecule has 1 aromatic carbocycles. The van der Waals surface area contributed by atoms with Crippen molar-refractivity contribution in [3.63, 3.8) is 0 Å². The maximum atomic E-state index is 12.8. The summed E-state index contributed by atoms with van der Waals surface area (Å²) in [5, 5.41) is 2.20. The van der Waals surface area contributed by atoms with Crippen molar-refractivity contribution in [3.8, 4) is 0 Å². The molecule has 0 unspecified atom stereocenters. The maximum Gasteiger partial charge on any atom is 0.417 e. The van der Waals surface area contributed by atoms with Crippen molar-refractivity contribution in [3.05, 3.63) is 32.9 Å². The van der Waals surface area contributed by atoms with Gasteiger partial charge in [-0.1, -0.05) is 0 Å². The highest BCUT2D eigenvalue weighted by Gasteiger charge is 2.46. The normalized spacial score (nSPS) is 18.5. The predicted octanol–water partition coefficient (Wildman–Crippen LogP) is 3.84. The van der Waals surface area contributed by atoms with E-state index in [1.54, 1.807) is 22.6 Å². The SMILES string of the molecule is O=C(NC1CC(F)(F)C1)c1ccc(I)cc1C(F)(F)F. The third-order valence-corrected chi connectivity index (χ3v) is 3.63. The molecule has 0 aliphatic heterocycles. The molecular formula is C12H9F5INO. The van der Waals surface area contributed by atoms with Crippen molar-refractivity contribution < 1.29 is 26.7 Å². The number of hydrogen-bond acceptors (Lipinski definition) is 1. The highest BCUT2D eigenvalue weighted by Crippen LogP contribution is 2.38. The Hall–Kier alpha value is -0.930. The second-order valence-electron chi connectivity index (χ2n) is 4.62. The first-order chi connectivity index (χ1) is 9.08. The predicted molar refractivity (Wildman–Crippen MR) is 69.6 cm³/mol. The molecule has 1 amide bonds. The first kappa shape index (κ1) is 15.5. The Morgan fingerprint density at radius 3 is 2.40 bits per heavy atom. The Labute approximate surface area is 124 Å². The molecule has 1 aliphatic carbocycles. The lowest BCUT2D eigenvalue weighted by atomic mass is 9.88. The zero-order valence-corrected chi connectivity index (χ0v) is 12.1. The fourth-order valence-electron chi connectivity index (χ4n) is 1.98. The lowest BCUT2D eigenvalue weighted by Gasteiger charge is -2.35. The van der Waals surface area contributed by atoms with Crippen LogP contribution in [0.3, 0.4) is 0 Å². The summed E-state index contributed by atoms with van der Waals surface area (Å²) in [5.74, 6) is -3.81. The van der Waals surface area contributed by atoms with Crippen LogP contribution in [0.2, 0.25) is 0 Å². The van der Waals surface area contributed by atoms with E-state index in [0.29, 0.717) is 3.57 Å². The van der Waals surface area contributed by atoms with Gasteiger partial charge >= 0.3 is 6.18 Å². The van der Waals surface area contributed by atoms with Crippen LogP contribution < -0.4 is 5.32 Å². The summed E-state index contributed by atoms with van der Waals surface area (Å²) in [5.41, 5.74) is -1.61. The summed E-state index contributed by atoms with van der Waals surface area (Å²) in [6, 6.07) is 2.49. The molecule has 0 radical (unpaired) electrons. The number of hydrogen-bond donors (Lipinski definition) is 1. The first-order valence-electron chi connectivity index (χ1n) is 5.64. The molecule has 1 fully saturated rings. The molecule has 1 aliphatic rings. The van der Waals surface area contributed by atoms with Gasteiger partial charge < -0.3 is 5.32 Å². The van der Waals surface area contributed by atoms with Gasteiger partial charge in [0.15, 0.2) is 0 Å². The average molecular weight is 405 g/mol. The standard InChI is InChI=1S/C12H9F5INO/c13-11(14)4-7(5-11)19-10(20)8-2-1-6(18)3-9(8)12(15,16)17/h1-3,7H,4-5H2,(H,19,20). The van der Waals surface area contributed by atoms with Gasteiger partial charge in [0.2, 0.25) is 0 Å². The highest BCUT2D eigenvalue weighted by atomic mass is 127. The average Bonchev–Trinajstić information content (AvgIpc) is 2.25. The van der Waals surface area contributed by atoms with E-state index >= 15 is 0 Å². The molecule has 0 aromatic heterocycles. The molecule has 0 atom stereocenters. The molecule has 8 heteroatoms. The van der Waals surface area contributed by atoms with Gasteiger partial charge in [0.25, 0.3) is 11.8 Å². The third-order valence-electron chi connectivity index (χ3n) is 2.96. The molecule has 0 spiro atoms. The summed E-state index contributed by atoms with van der Waals surface area (Å²) < 4.78 is 64.1. The highest BCUT2D eigenvalue weighted by molar-refractivity contribution is 14.1. The molecular weight excluding hydrogens is 396 g/mol. The summed E-state index contributed by atoms with van der Waals surface area (Å²) in [4.78, 5) is 11.8. The fourth-order valence-corrected chi connectivity index (χ4v) is 2.47. The number of alkyl halides is 5. The molecule has 0 saturated heterocycles. The molecule has 1 aromatic rings. The topological polar surface area (TPSA) is 29.1 Å². The zero-order valence-electron chi connectivity index (χ0n) is 9.90. The van der Waals surface area contributed by atoms with Crippen molar-refractivity contribution in [1.82, 2.24) is 5.32 Å². The summed E-state index contributed by atoms with van der Waals surface area (Å²) in [7, 11) is 0. The number of carbonyl (C=O) groups is 1. The fraction of sp³-hybridized carbons (Fsp3) is 0.417. The van der Waals surface area contributed by atoms with Gasteiger partial charge in [0.05, 0.1) is 11.1 Å². The molecule has 1 N–H and O–H groups in total. The number of nitrogens with one attached hydrogen (secondary N) is 1. The number of benzene rings is 1. The van der Waals surface area contributed by atoms with Crippen LogP contribution in [0, 0.1) is 3.57 Å². The Bertz CT molecular complexity index is 535. The zero-order chi connectivity index (χ0) is 15.1. The van der Waals surface area contributed by atoms with Crippen LogP contribution in [0.4, 0.5) is 22.0 Å². The van der Waals surface area contributed by atoms with E-state index in [1.807, 2.05) is 0 Å². The summed E-state index contributed by atoms with van der Waals surface area (Å²) in [6.45, 7) is 0. The second kappa shape index (κ2) is 5.12. The number of halogens is 6. The quantitative estimate of drug-likeness (QED) is 0.588. The van der Waals surface area contributed by atoms with E-state index < -0.39 is 48.0 Å². The van der Waals surface area contributed by atoms with Crippen molar-refractivity contribution in [1.29, 1.82) is 0 Å². The third kappa shape index (κ3) is 3.39. The van der Waals surface area contributed by atoms with Crippen LogP contribution >= 0.6 is 22.6 Å². The summed E-state index contributed by atoms with van der Waals surface area (Å²) >= 11 is 1.70. The Morgan fingerprint density at radius 2 is 1.90 bits per heavy atom. The molecule has 0 heterocycles. The second-order valence-corrected chi connectivity index (χ2v) is 5.87. The van der Waals surface area contributed by atoms with Crippen molar-refractivity contribution in [2.24, 2.45) is 0 Å². The van der Waals surface area contributed by atoms with E-state index in [-0.39, 0.29) is 0 Å². The monoisotopic (exact) mass is 405 g/mol. The molecule has 2 rings (SSSR count). The molecule has 20 heavy (non-hydrogen) atoms. The van der Waals surface area contributed by atoms with Gasteiger partial charge in [-0.25, -0.2) is 8.78 Å². The number of carbonyl (C=O) groups excluding carboxylic acids is 1. The van der Waals surface area contributed by atoms with Crippen LogP contribution in [0.15, 0.2) is 18.2 Å². The van der Waals surface area contributed by atoms with E-state index in [2.05, 4.69) is 5.32 Å². The van der Waals surface area contributed by atoms with E-state index in [0.717, 1.165) is 12.1 Å². The van der Waals surface area contributed by atoms with Gasteiger partial charge in [-0.3, -0.25) is 4.79 Å². The molecule has 2 nitrogen and oxygen atoms in total. The molecule has 0 bridgehead atoms. The maximum absolute atomic E-state index is 12.8. The van der Waals surface area contributed by atoms with Crippen LogP contribution in [0.25, 0.3) is 0 Å². The van der Waals surface area contributed by atoms with Crippen LogP contribution in [0.5, 0.6) is 0 Å². The number of amides is 1. The Kier molecular flexibility index (Phi) is 3.96. The minimum absolute atomic E-state index is 0.335. The van der Waals surface area contributed by atoms with Gasteiger partial charge in [-0.05, 0) is 40.8 Å². The molecule has 1 saturated carbocycles. The first-order valence-corrected chi connectivity index (χ1v) is 6.72. The van der Waals surface area contributed by atoms with Crippen molar-refractivity contribution in [2.45, 2.75) is 31.0 Å². The minimum Gasteiger partial charge on any atom is -0.349 e. The minimum atomic E-state index is -4.67. The molecule has 110 valence electrons. The smallest absolute Gasteiger partial charge is 0.349 e. The Morgan fingerprint density at radius 1 is 1.30 bits per heavy atom. The lowest BCUT2D eigenvalue weighted by molar-refractivity contribution is -0.138. The van der Waals surface area contributed by atoms with Gasteiger partial charge in [0, 0.05) is 22.5 Å². The van der Waals surface area contributed by atoms with E-state index in [4.69, 9.17) is 0 Å². The van der Waals surface area contributed by atoms with Crippen molar-refractivity contribution in [2.75, 3.05) is 0 Å². The van der Waals surface area contributed by atoms with Gasteiger partial charge in [-0.2, -0.15) is 13.2 Å². The van der Waals surface area contributed by atoms with Gasteiger partial charge in [-0.15, -0.1) is 0 Å². The Balaban J connectivity index is 2.18. The van der Waals surface area contributed by atoms with Crippen LogP contribution in [0.1, 0.15) is 28.8 Å². The van der Waals surface area contributed by atoms with Gasteiger partial charge in [0.1, 0.15) is 0 Å². The van der Waals surface area contributed by atoms with E-state index in [1.165, 1.54) is 6.07 Å². The van der Waals surface area contributed by atoms with Crippen LogP contribution in [-0.4, -0.2) is 17.9 Å². The number of rotatable bonds is 2. The largest absolute Gasteiger partial charge is 0.417 e.